The molecule has 1 amide bonds. The van der Waals surface area contributed by atoms with Gasteiger partial charge in [-0.2, -0.15) is 0 Å². The van der Waals surface area contributed by atoms with E-state index < -0.39 is 0 Å². The second-order valence-corrected chi connectivity index (χ2v) is 6.80. The van der Waals surface area contributed by atoms with E-state index in [-0.39, 0.29) is 18.6 Å². The summed E-state index contributed by atoms with van der Waals surface area (Å²) in [5.74, 6) is 0.485. The van der Waals surface area contributed by atoms with Crippen molar-refractivity contribution in [3.8, 4) is 5.75 Å². The van der Waals surface area contributed by atoms with E-state index in [9.17, 15) is 4.79 Å². The number of rotatable bonds is 4. The van der Waals surface area contributed by atoms with Gasteiger partial charge in [-0.3, -0.25) is 4.79 Å². The summed E-state index contributed by atoms with van der Waals surface area (Å²) in [7, 11) is 0. The minimum Gasteiger partial charge on any atom is -0.482 e. The fourth-order valence-corrected chi connectivity index (χ4v) is 2.87. The van der Waals surface area contributed by atoms with E-state index >= 15 is 0 Å². The Morgan fingerprint density at radius 3 is 2.90 bits per heavy atom. The highest BCUT2D eigenvalue weighted by molar-refractivity contribution is 6.32. The lowest BCUT2D eigenvalue weighted by molar-refractivity contribution is -0.123. The third-order valence-electron chi connectivity index (χ3n) is 3.78. The average molecular weight is 296 g/mol. The molecule has 1 N–H and O–H groups in total. The van der Waals surface area contributed by atoms with E-state index in [1.165, 1.54) is 0 Å². The van der Waals surface area contributed by atoms with Crippen molar-refractivity contribution in [2.45, 2.75) is 46.1 Å². The fraction of sp³-hybridized carbons (Fsp3) is 0.562. The average Bonchev–Trinajstić information content (AvgIpc) is 2.70. The highest BCUT2D eigenvalue weighted by Gasteiger charge is 2.31. The Kier molecular flexibility index (Phi) is 4.59. The Balaban J connectivity index is 1.82. The molecule has 0 saturated heterocycles. The first kappa shape index (κ1) is 15.2. The van der Waals surface area contributed by atoms with Gasteiger partial charge in [-0.1, -0.05) is 31.5 Å². The lowest BCUT2D eigenvalue weighted by atomic mass is 9.92. The Hall–Kier alpha value is -1.22. The molecule has 3 nitrogen and oxygen atoms in total. The van der Waals surface area contributed by atoms with Gasteiger partial charge < -0.3 is 10.1 Å². The zero-order valence-corrected chi connectivity index (χ0v) is 13.1. The monoisotopic (exact) mass is 295 g/mol. The molecular formula is C16H22ClNO2. The summed E-state index contributed by atoms with van der Waals surface area (Å²) < 4.78 is 5.50. The Morgan fingerprint density at radius 1 is 1.50 bits per heavy atom. The van der Waals surface area contributed by atoms with Gasteiger partial charge in [0.2, 0.25) is 0 Å². The number of ether oxygens (including phenoxy) is 1. The first-order valence-electron chi connectivity index (χ1n) is 7.04. The van der Waals surface area contributed by atoms with Gasteiger partial charge in [-0.25, -0.2) is 0 Å². The number of hydrogen-bond donors (Lipinski definition) is 1. The first-order valence-corrected chi connectivity index (χ1v) is 7.42. The largest absolute Gasteiger partial charge is 0.482 e. The van der Waals surface area contributed by atoms with Gasteiger partial charge in [0.25, 0.3) is 5.91 Å². The molecule has 0 radical (unpaired) electrons. The topological polar surface area (TPSA) is 38.3 Å². The molecule has 0 bridgehead atoms. The smallest absolute Gasteiger partial charge is 0.258 e. The molecule has 1 aliphatic carbocycles. The van der Waals surface area contributed by atoms with Crippen molar-refractivity contribution >= 4 is 17.5 Å². The molecule has 2 rings (SSSR count). The van der Waals surface area contributed by atoms with E-state index in [1.54, 1.807) is 6.07 Å². The second-order valence-electron chi connectivity index (χ2n) is 6.39. The maximum atomic E-state index is 11.9. The van der Waals surface area contributed by atoms with Gasteiger partial charge in [-0.05, 0) is 49.3 Å². The number of carbonyl (C=O) groups excluding carboxylic acids is 1. The molecule has 1 aliphatic rings. The van der Waals surface area contributed by atoms with Crippen molar-refractivity contribution < 1.29 is 9.53 Å². The molecule has 0 heterocycles. The Morgan fingerprint density at radius 2 is 2.25 bits per heavy atom. The molecule has 0 aliphatic heterocycles. The van der Waals surface area contributed by atoms with Gasteiger partial charge in [0.05, 0.1) is 5.02 Å². The quantitative estimate of drug-likeness (QED) is 0.919. The van der Waals surface area contributed by atoms with Crippen LogP contribution in [-0.4, -0.2) is 18.6 Å². The lowest BCUT2D eigenvalue weighted by Crippen LogP contribution is -2.36. The molecule has 1 aromatic carbocycles. The van der Waals surface area contributed by atoms with Crippen LogP contribution in [0, 0.1) is 12.3 Å². The molecule has 4 heteroatoms. The van der Waals surface area contributed by atoms with Crippen molar-refractivity contribution in [2.75, 3.05) is 6.61 Å². The van der Waals surface area contributed by atoms with E-state index in [4.69, 9.17) is 16.3 Å². The van der Waals surface area contributed by atoms with Crippen LogP contribution in [0.1, 0.15) is 38.7 Å². The summed E-state index contributed by atoms with van der Waals surface area (Å²) in [5, 5.41) is 3.56. The highest BCUT2D eigenvalue weighted by atomic mass is 35.5. The number of aryl methyl sites for hydroxylation is 1. The van der Waals surface area contributed by atoms with Crippen molar-refractivity contribution in [2.24, 2.45) is 5.41 Å². The van der Waals surface area contributed by atoms with E-state index in [2.05, 4.69) is 19.2 Å². The normalized spacial score (nSPS) is 20.7. The fourth-order valence-electron chi connectivity index (χ4n) is 2.69. The molecule has 0 aromatic heterocycles. The third kappa shape index (κ3) is 4.14. The van der Waals surface area contributed by atoms with Crippen LogP contribution in [0.4, 0.5) is 0 Å². The summed E-state index contributed by atoms with van der Waals surface area (Å²) in [5.41, 5.74) is 1.39. The Bertz CT molecular complexity index is 499. The number of hydrogen-bond acceptors (Lipinski definition) is 2. The van der Waals surface area contributed by atoms with Crippen LogP contribution < -0.4 is 10.1 Å². The minimum atomic E-state index is -0.0785. The van der Waals surface area contributed by atoms with Crippen LogP contribution in [0.15, 0.2) is 18.2 Å². The van der Waals surface area contributed by atoms with Crippen LogP contribution in [0.2, 0.25) is 5.02 Å². The summed E-state index contributed by atoms with van der Waals surface area (Å²) in [4.78, 5) is 11.9. The molecule has 1 saturated carbocycles. The predicted molar refractivity (Wildman–Crippen MR) is 81.2 cm³/mol. The molecular weight excluding hydrogens is 274 g/mol. The van der Waals surface area contributed by atoms with Crippen molar-refractivity contribution in [1.82, 2.24) is 5.32 Å². The SMILES string of the molecule is Cc1ccc(Cl)c(OCC(=O)NC2CCC(C)(C)C2)c1. The van der Waals surface area contributed by atoms with Crippen LogP contribution in [0.5, 0.6) is 5.75 Å². The third-order valence-corrected chi connectivity index (χ3v) is 4.09. The zero-order chi connectivity index (χ0) is 14.8. The van der Waals surface area contributed by atoms with Crippen LogP contribution in [0.3, 0.4) is 0 Å². The summed E-state index contributed by atoms with van der Waals surface area (Å²) in [6, 6.07) is 5.81. The number of halogens is 1. The van der Waals surface area contributed by atoms with Gasteiger partial charge in [0.1, 0.15) is 5.75 Å². The maximum Gasteiger partial charge on any atom is 0.258 e. The first-order chi connectivity index (χ1) is 9.35. The van der Waals surface area contributed by atoms with E-state index in [0.717, 1.165) is 24.8 Å². The standard InChI is InChI=1S/C16H22ClNO2/c1-11-4-5-13(17)14(8-11)20-10-15(19)18-12-6-7-16(2,3)9-12/h4-5,8,12H,6-7,9-10H2,1-3H3,(H,18,19). The van der Waals surface area contributed by atoms with Gasteiger partial charge in [-0.15, -0.1) is 0 Å². The van der Waals surface area contributed by atoms with E-state index in [1.807, 2.05) is 19.1 Å². The molecule has 110 valence electrons. The predicted octanol–water partition coefficient (Wildman–Crippen LogP) is 3.72. The molecule has 1 aromatic rings. The van der Waals surface area contributed by atoms with Crippen LogP contribution >= 0.6 is 11.6 Å². The van der Waals surface area contributed by atoms with E-state index in [0.29, 0.717) is 16.2 Å². The van der Waals surface area contributed by atoms with Gasteiger partial charge in [0.15, 0.2) is 6.61 Å². The molecule has 20 heavy (non-hydrogen) atoms. The van der Waals surface area contributed by atoms with Crippen molar-refractivity contribution in [1.29, 1.82) is 0 Å². The Labute approximate surface area is 125 Å². The number of nitrogens with one attached hydrogen (secondary N) is 1. The maximum absolute atomic E-state index is 11.9. The second kappa shape index (κ2) is 6.04. The summed E-state index contributed by atoms with van der Waals surface area (Å²) in [6.07, 6.45) is 3.23. The van der Waals surface area contributed by atoms with Crippen LogP contribution in [0.25, 0.3) is 0 Å². The highest BCUT2D eigenvalue weighted by Crippen LogP contribution is 2.36. The number of carbonyl (C=O) groups is 1. The van der Waals surface area contributed by atoms with Crippen molar-refractivity contribution in [3.05, 3.63) is 28.8 Å². The number of benzene rings is 1. The summed E-state index contributed by atoms with van der Waals surface area (Å²) in [6.45, 7) is 6.45. The van der Waals surface area contributed by atoms with Crippen LogP contribution in [-0.2, 0) is 4.79 Å². The lowest BCUT2D eigenvalue weighted by Gasteiger charge is -2.18. The van der Waals surface area contributed by atoms with Gasteiger partial charge in [0, 0.05) is 6.04 Å². The summed E-state index contributed by atoms with van der Waals surface area (Å²) >= 11 is 6.03. The number of amides is 1. The zero-order valence-electron chi connectivity index (χ0n) is 12.3. The molecule has 0 spiro atoms. The molecule has 1 fully saturated rings. The van der Waals surface area contributed by atoms with Gasteiger partial charge >= 0.3 is 0 Å². The molecule has 1 atom stereocenters. The minimum absolute atomic E-state index is 0.0140. The molecule has 1 unspecified atom stereocenters. The van der Waals surface area contributed by atoms with Crippen molar-refractivity contribution in [3.63, 3.8) is 0 Å².